The van der Waals surface area contributed by atoms with Gasteiger partial charge in [0.05, 0.1) is 0 Å². The molecular formula is C22H22Cl2N10O2. The summed E-state index contributed by atoms with van der Waals surface area (Å²) in [6.45, 7) is 2.20. The summed E-state index contributed by atoms with van der Waals surface area (Å²) < 4.78 is 0. The highest BCUT2D eigenvalue weighted by Crippen LogP contribution is 2.37. The van der Waals surface area contributed by atoms with Crippen LogP contribution in [0.5, 0.6) is 0 Å². The third-order valence-corrected chi connectivity index (χ3v) is 6.98. The maximum Gasteiger partial charge on any atom is 0.325 e. The number of nitrogens with zero attached hydrogens (tertiary/aromatic N) is 5. The number of rotatable bonds is 3. The maximum absolute atomic E-state index is 11.6. The molecule has 0 amide bonds. The third kappa shape index (κ3) is 4.57. The molecule has 0 atom stereocenters. The van der Waals surface area contributed by atoms with E-state index in [-0.39, 0.29) is 21.9 Å². The minimum absolute atomic E-state index is 0.0568. The van der Waals surface area contributed by atoms with E-state index in [1.165, 1.54) is 18.2 Å². The number of H-pyrrole nitrogens is 4. The fraction of sp³-hybridized carbons (Fsp3) is 0.273. The number of piperidine rings is 1. The molecule has 0 unspecified atom stereocenters. The molecule has 1 saturated heterocycles. The molecule has 0 spiro atoms. The van der Waals surface area contributed by atoms with Crippen LogP contribution in [0.4, 0.5) is 5.82 Å². The van der Waals surface area contributed by atoms with E-state index in [4.69, 9.17) is 28.9 Å². The van der Waals surface area contributed by atoms with Crippen LogP contribution >= 0.6 is 23.2 Å². The highest BCUT2D eigenvalue weighted by atomic mass is 35.5. The number of imidazole rings is 2. The summed E-state index contributed by atoms with van der Waals surface area (Å²) in [5.41, 5.74) is 8.77. The van der Waals surface area contributed by atoms with E-state index in [0.717, 1.165) is 36.8 Å². The number of hydrogen-bond acceptors (Lipinski definition) is 8. The van der Waals surface area contributed by atoms with E-state index in [9.17, 15) is 9.59 Å². The van der Waals surface area contributed by atoms with Gasteiger partial charge < -0.3 is 20.6 Å². The molecule has 14 heteroatoms. The first-order chi connectivity index (χ1) is 17.4. The Labute approximate surface area is 213 Å². The van der Waals surface area contributed by atoms with Crippen molar-refractivity contribution in [3.05, 3.63) is 73.6 Å². The lowest BCUT2D eigenvalue weighted by Crippen LogP contribution is -2.47. The summed E-state index contributed by atoms with van der Waals surface area (Å²) in [5.74, 6) is 0.755. The number of anilines is 1. The van der Waals surface area contributed by atoms with Gasteiger partial charge in [0.25, 0.3) is 0 Å². The maximum atomic E-state index is 11.6. The molecule has 12 nitrogen and oxygen atoms in total. The molecule has 1 aliphatic heterocycles. The molecule has 36 heavy (non-hydrogen) atoms. The normalized spacial score (nSPS) is 15.1. The van der Waals surface area contributed by atoms with E-state index in [2.05, 4.69) is 56.9 Å². The minimum atomic E-state index is -0.331. The second-order valence-corrected chi connectivity index (χ2v) is 9.24. The molecule has 4 aromatic heterocycles. The van der Waals surface area contributed by atoms with Crippen molar-refractivity contribution in [1.82, 2.24) is 39.9 Å². The lowest BCUT2D eigenvalue weighted by atomic mass is 9.73. The molecular weight excluding hydrogens is 507 g/mol. The Morgan fingerprint density at radius 3 is 2.03 bits per heavy atom. The van der Waals surface area contributed by atoms with Gasteiger partial charge in [0, 0.05) is 30.1 Å². The van der Waals surface area contributed by atoms with E-state index < -0.39 is 0 Å². The molecule has 0 bridgehead atoms. The average molecular weight is 529 g/mol. The van der Waals surface area contributed by atoms with Crippen LogP contribution in [0.1, 0.15) is 18.4 Å². The largest absolute Gasteiger partial charge is 0.355 e. The second-order valence-electron chi connectivity index (χ2n) is 8.45. The monoisotopic (exact) mass is 528 g/mol. The van der Waals surface area contributed by atoms with Gasteiger partial charge in [-0.15, -0.1) is 0 Å². The molecule has 0 radical (unpaired) electrons. The summed E-state index contributed by atoms with van der Waals surface area (Å²) in [5, 5.41) is 0.974. The van der Waals surface area contributed by atoms with Crippen molar-refractivity contribution >= 4 is 51.3 Å². The Kier molecular flexibility index (Phi) is 6.48. The van der Waals surface area contributed by atoms with Gasteiger partial charge in [0.15, 0.2) is 22.3 Å². The lowest BCUT2D eigenvalue weighted by molar-refractivity contribution is 0.339. The number of benzene rings is 1. The second kappa shape index (κ2) is 9.72. The first kappa shape index (κ1) is 24.0. The zero-order chi connectivity index (χ0) is 25.3. The number of hydrogen-bond donors (Lipinski definition) is 5. The van der Waals surface area contributed by atoms with Crippen molar-refractivity contribution in [1.29, 1.82) is 0 Å². The fourth-order valence-corrected chi connectivity index (χ4v) is 4.77. The van der Waals surface area contributed by atoms with E-state index >= 15 is 0 Å². The topological polar surface area (TPSA) is 178 Å². The summed E-state index contributed by atoms with van der Waals surface area (Å²) in [6.07, 6.45) is 4.58. The molecule has 1 fully saturated rings. The first-order valence-electron chi connectivity index (χ1n) is 11.1. The predicted octanol–water partition coefficient (Wildman–Crippen LogP) is 2.10. The van der Waals surface area contributed by atoms with Gasteiger partial charge in [-0.05, 0) is 30.5 Å². The Bertz CT molecular complexity index is 1610. The smallest absolute Gasteiger partial charge is 0.325 e. The summed E-state index contributed by atoms with van der Waals surface area (Å²) >= 11 is 11.6. The molecule has 1 aliphatic rings. The van der Waals surface area contributed by atoms with E-state index in [1.54, 1.807) is 0 Å². The van der Waals surface area contributed by atoms with Crippen LogP contribution < -0.4 is 22.0 Å². The van der Waals surface area contributed by atoms with Crippen LogP contribution in [0, 0.1) is 0 Å². The number of nitrogens with two attached hydrogens (primary N) is 1. The van der Waals surface area contributed by atoms with Crippen molar-refractivity contribution in [2.24, 2.45) is 5.73 Å². The van der Waals surface area contributed by atoms with Gasteiger partial charge in [0.2, 0.25) is 0 Å². The number of aromatic nitrogens is 8. The van der Waals surface area contributed by atoms with Gasteiger partial charge in [-0.1, -0.05) is 35.3 Å². The minimum Gasteiger partial charge on any atom is -0.355 e. The number of fused-ring (bicyclic) bond motifs is 2. The van der Waals surface area contributed by atoms with Gasteiger partial charge in [-0.2, -0.15) is 0 Å². The van der Waals surface area contributed by atoms with Crippen LogP contribution in [0.3, 0.4) is 0 Å². The van der Waals surface area contributed by atoms with Crippen molar-refractivity contribution in [2.45, 2.75) is 18.3 Å². The standard InChI is InChI=1S/C17H19ClN6O.C5H3ClN4O/c18-12-3-1-11(2-4-12)17(9-19)5-7-24(8-6-17)15-13-14(20-10-21-15)23-16(25)22-13;6-3-2-4(8-1-7-3)10-5(11)9-2/h1-4,10H,5-9,19H2,(H2,20,21,22,23,25);1H,(H2,7,8,9,10,11). The zero-order valence-electron chi connectivity index (χ0n) is 18.9. The summed E-state index contributed by atoms with van der Waals surface area (Å²) in [7, 11) is 0. The number of halogens is 2. The van der Waals surface area contributed by atoms with Crippen molar-refractivity contribution < 1.29 is 0 Å². The van der Waals surface area contributed by atoms with Crippen molar-refractivity contribution in [3.63, 3.8) is 0 Å². The van der Waals surface area contributed by atoms with Crippen molar-refractivity contribution in [3.8, 4) is 0 Å². The van der Waals surface area contributed by atoms with Crippen molar-refractivity contribution in [2.75, 3.05) is 24.5 Å². The predicted molar refractivity (Wildman–Crippen MR) is 138 cm³/mol. The molecule has 6 rings (SSSR count). The highest BCUT2D eigenvalue weighted by molar-refractivity contribution is 6.33. The van der Waals surface area contributed by atoms with Crippen LogP contribution in [0.2, 0.25) is 10.2 Å². The van der Waals surface area contributed by atoms with E-state index in [0.29, 0.717) is 28.9 Å². The lowest BCUT2D eigenvalue weighted by Gasteiger charge is -2.42. The first-order valence-corrected chi connectivity index (χ1v) is 11.9. The molecule has 5 aromatic rings. The van der Waals surface area contributed by atoms with Gasteiger partial charge in [-0.3, -0.25) is 9.97 Å². The van der Waals surface area contributed by atoms with Crippen LogP contribution in [-0.4, -0.2) is 59.5 Å². The molecule has 186 valence electrons. The van der Waals surface area contributed by atoms with Crippen LogP contribution in [-0.2, 0) is 5.41 Å². The highest BCUT2D eigenvalue weighted by Gasteiger charge is 2.36. The number of aromatic amines is 4. The quantitative estimate of drug-likeness (QED) is 0.221. The molecule has 1 aromatic carbocycles. The number of nitrogens with one attached hydrogen (secondary N) is 4. The Balaban J connectivity index is 0.000000202. The average Bonchev–Trinajstić information content (AvgIpc) is 3.46. The van der Waals surface area contributed by atoms with Gasteiger partial charge in [-0.25, -0.2) is 29.5 Å². The molecule has 0 aliphatic carbocycles. The van der Waals surface area contributed by atoms with E-state index in [1.807, 2.05) is 12.1 Å². The Morgan fingerprint density at radius 2 is 1.42 bits per heavy atom. The van der Waals surface area contributed by atoms with Crippen LogP contribution in [0.25, 0.3) is 22.3 Å². The molecule has 6 N–H and O–H groups in total. The Morgan fingerprint density at radius 1 is 0.833 bits per heavy atom. The fourth-order valence-electron chi connectivity index (χ4n) is 4.46. The van der Waals surface area contributed by atoms with Gasteiger partial charge in [0.1, 0.15) is 23.7 Å². The van der Waals surface area contributed by atoms with Gasteiger partial charge >= 0.3 is 11.4 Å². The molecule has 0 saturated carbocycles. The molecule has 5 heterocycles. The third-order valence-electron chi connectivity index (χ3n) is 6.44. The SMILES string of the molecule is NCC1(c2ccc(Cl)cc2)CCN(c2ncnc3[nH]c(=O)[nH]c23)CC1.O=c1[nH]c2ncnc(Cl)c2[nH]1. The summed E-state index contributed by atoms with van der Waals surface area (Å²) in [6, 6.07) is 7.97. The van der Waals surface area contributed by atoms with Crippen LogP contribution in [0.15, 0.2) is 46.5 Å². The zero-order valence-corrected chi connectivity index (χ0v) is 20.4. The Hall–Kier alpha value is -3.74. The summed E-state index contributed by atoms with van der Waals surface area (Å²) in [4.78, 5) is 50.8.